The van der Waals surface area contributed by atoms with Crippen LogP contribution in [0.3, 0.4) is 0 Å². The minimum absolute atomic E-state index is 0.0536. The van der Waals surface area contributed by atoms with Crippen LogP contribution in [0.15, 0.2) is 18.7 Å². The lowest BCUT2D eigenvalue weighted by molar-refractivity contribution is -0.140. The van der Waals surface area contributed by atoms with E-state index >= 15 is 0 Å². The Morgan fingerprint density at radius 2 is 2.24 bits per heavy atom. The summed E-state index contributed by atoms with van der Waals surface area (Å²) < 4.78 is 13.1. The van der Waals surface area contributed by atoms with Crippen LogP contribution in [0.2, 0.25) is 0 Å². The number of aryl methyl sites for hydroxylation is 2. The summed E-state index contributed by atoms with van der Waals surface area (Å²) in [6.07, 6.45) is 5.72. The second kappa shape index (κ2) is 7.60. The fourth-order valence-electron chi connectivity index (χ4n) is 2.93. The number of aromatic nitrogens is 4. The van der Waals surface area contributed by atoms with Crippen molar-refractivity contribution in [3.63, 3.8) is 0 Å². The quantitative estimate of drug-likeness (QED) is 0.773. The molecular formula is C17H23N5O3. The van der Waals surface area contributed by atoms with Gasteiger partial charge in [0.2, 0.25) is 11.8 Å². The zero-order valence-electron chi connectivity index (χ0n) is 14.8. The highest BCUT2D eigenvalue weighted by molar-refractivity contribution is 5.78. The van der Waals surface area contributed by atoms with E-state index in [1.807, 2.05) is 25.5 Å². The van der Waals surface area contributed by atoms with Crippen molar-refractivity contribution in [1.29, 1.82) is 0 Å². The van der Waals surface area contributed by atoms with E-state index in [-0.39, 0.29) is 18.6 Å². The third kappa shape index (κ3) is 3.96. The number of fused-ring (bicyclic) bond motifs is 1. The maximum atomic E-state index is 12.5. The average Bonchev–Trinajstić information content (AvgIpc) is 2.97. The first-order chi connectivity index (χ1) is 12.1. The highest BCUT2D eigenvalue weighted by atomic mass is 16.5. The Kier molecular flexibility index (Phi) is 5.28. The van der Waals surface area contributed by atoms with Crippen LogP contribution in [0.4, 0.5) is 0 Å². The first-order valence-electron chi connectivity index (χ1n) is 8.36. The predicted molar refractivity (Wildman–Crippen MR) is 90.0 cm³/mol. The van der Waals surface area contributed by atoms with Gasteiger partial charge in [-0.05, 0) is 13.8 Å². The molecule has 1 atom stereocenters. The summed E-state index contributed by atoms with van der Waals surface area (Å²) in [5, 5.41) is 0. The third-order valence-corrected chi connectivity index (χ3v) is 4.24. The molecule has 1 aliphatic rings. The summed E-state index contributed by atoms with van der Waals surface area (Å²) >= 11 is 0. The molecule has 0 spiro atoms. The second-order valence-electron chi connectivity index (χ2n) is 6.08. The molecule has 1 aliphatic heterocycles. The summed E-state index contributed by atoms with van der Waals surface area (Å²) in [7, 11) is 1.97. The van der Waals surface area contributed by atoms with Crippen LogP contribution < -0.4 is 4.74 Å². The van der Waals surface area contributed by atoms with E-state index in [1.54, 1.807) is 23.6 Å². The van der Waals surface area contributed by atoms with E-state index in [9.17, 15) is 4.79 Å². The summed E-state index contributed by atoms with van der Waals surface area (Å²) in [4.78, 5) is 27.1. The summed E-state index contributed by atoms with van der Waals surface area (Å²) in [5.74, 6) is 0.412. The molecule has 25 heavy (non-hydrogen) atoms. The lowest BCUT2D eigenvalue weighted by Crippen LogP contribution is -2.49. The Labute approximate surface area is 146 Å². The Bertz CT molecular complexity index is 746. The van der Waals surface area contributed by atoms with Gasteiger partial charge < -0.3 is 18.9 Å². The fraction of sp³-hybridized carbons (Fsp3) is 0.529. The molecule has 0 fully saturated rings. The molecule has 0 bridgehead atoms. The normalized spacial score (nSPS) is 16.6. The van der Waals surface area contributed by atoms with E-state index in [0.29, 0.717) is 32.1 Å². The number of imidazole rings is 1. The minimum atomic E-state index is -0.0989. The van der Waals surface area contributed by atoms with Gasteiger partial charge >= 0.3 is 0 Å². The molecular weight excluding hydrogens is 322 g/mol. The molecule has 134 valence electrons. The minimum Gasteiger partial charge on any atom is -0.474 e. The molecule has 3 rings (SSSR count). The van der Waals surface area contributed by atoms with Crippen LogP contribution in [0.1, 0.15) is 24.0 Å². The molecule has 8 nitrogen and oxygen atoms in total. The molecule has 2 aromatic heterocycles. The molecule has 0 aliphatic carbocycles. The smallest absolute Gasteiger partial charge is 0.249 e. The number of nitrogens with zero attached hydrogens (tertiary/aromatic N) is 5. The van der Waals surface area contributed by atoms with Crippen molar-refractivity contribution in [3.05, 3.63) is 35.8 Å². The first-order valence-corrected chi connectivity index (χ1v) is 8.36. The molecule has 1 unspecified atom stereocenters. The van der Waals surface area contributed by atoms with Gasteiger partial charge in [0.25, 0.3) is 0 Å². The standard InChI is InChI=1S/C17H23N5O3/c1-4-24-10-17(23)22-8-14-15(21(3)11-19-14)5-13(22)9-25-16-7-18-6-12(2)20-16/h6-7,11,13H,4-5,8-10H2,1-3H3. The summed E-state index contributed by atoms with van der Waals surface area (Å²) in [5.41, 5.74) is 2.85. The van der Waals surface area contributed by atoms with E-state index in [2.05, 4.69) is 15.0 Å². The number of amides is 1. The maximum Gasteiger partial charge on any atom is 0.249 e. The van der Waals surface area contributed by atoms with Crippen LogP contribution in [0.25, 0.3) is 0 Å². The van der Waals surface area contributed by atoms with Crippen LogP contribution >= 0.6 is 0 Å². The number of ether oxygens (including phenoxy) is 2. The molecule has 0 radical (unpaired) electrons. The predicted octanol–water partition coefficient (Wildman–Crippen LogP) is 0.887. The van der Waals surface area contributed by atoms with Gasteiger partial charge in [-0.15, -0.1) is 0 Å². The Morgan fingerprint density at radius 1 is 1.40 bits per heavy atom. The van der Waals surface area contributed by atoms with E-state index in [4.69, 9.17) is 9.47 Å². The van der Waals surface area contributed by atoms with Gasteiger partial charge in [-0.25, -0.2) is 9.97 Å². The van der Waals surface area contributed by atoms with Crippen LogP contribution in [-0.4, -0.2) is 56.2 Å². The SMILES string of the molecule is CCOCC(=O)N1Cc2ncn(C)c2CC1COc1cncc(C)n1. The van der Waals surface area contributed by atoms with Gasteiger partial charge in [-0.2, -0.15) is 0 Å². The molecule has 0 N–H and O–H groups in total. The van der Waals surface area contributed by atoms with E-state index < -0.39 is 0 Å². The average molecular weight is 345 g/mol. The Hall–Kier alpha value is -2.48. The number of rotatable bonds is 6. The largest absolute Gasteiger partial charge is 0.474 e. The molecule has 0 aromatic carbocycles. The van der Waals surface area contributed by atoms with Gasteiger partial charge in [0.15, 0.2) is 0 Å². The van der Waals surface area contributed by atoms with Gasteiger partial charge in [0, 0.05) is 32.0 Å². The van der Waals surface area contributed by atoms with Crippen molar-refractivity contribution < 1.29 is 14.3 Å². The third-order valence-electron chi connectivity index (χ3n) is 4.24. The van der Waals surface area contributed by atoms with Gasteiger partial charge in [0.1, 0.15) is 13.2 Å². The molecule has 1 amide bonds. The maximum absolute atomic E-state index is 12.5. The van der Waals surface area contributed by atoms with Crippen molar-refractivity contribution in [2.24, 2.45) is 7.05 Å². The lowest BCUT2D eigenvalue weighted by Gasteiger charge is -2.35. The van der Waals surface area contributed by atoms with Crippen molar-refractivity contribution in [1.82, 2.24) is 24.4 Å². The molecule has 8 heteroatoms. The number of hydrogen-bond acceptors (Lipinski definition) is 6. The summed E-state index contributed by atoms with van der Waals surface area (Å²) in [6.45, 7) is 5.13. The topological polar surface area (TPSA) is 82.4 Å². The number of hydrogen-bond donors (Lipinski definition) is 0. The molecule has 3 heterocycles. The first kappa shape index (κ1) is 17.3. The Balaban J connectivity index is 1.75. The highest BCUT2D eigenvalue weighted by Gasteiger charge is 2.32. The van der Waals surface area contributed by atoms with Gasteiger partial charge in [-0.3, -0.25) is 9.78 Å². The van der Waals surface area contributed by atoms with Crippen molar-refractivity contribution in [2.45, 2.75) is 32.9 Å². The second-order valence-corrected chi connectivity index (χ2v) is 6.08. The molecule has 0 saturated carbocycles. The van der Waals surface area contributed by atoms with Crippen molar-refractivity contribution in [3.8, 4) is 5.88 Å². The molecule has 0 saturated heterocycles. The zero-order valence-corrected chi connectivity index (χ0v) is 14.8. The van der Waals surface area contributed by atoms with Gasteiger partial charge in [0.05, 0.1) is 36.5 Å². The highest BCUT2D eigenvalue weighted by Crippen LogP contribution is 2.23. The Morgan fingerprint density at radius 3 is 3.00 bits per heavy atom. The van der Waals surface area contributed by atoms with Crippen LogP contribution in [-0.2, 0) is 29.5 Å². The lowest BCUT2D eigenvalue weighted by atomic mass is 10.0. The van der Waals surface area contributed by atoms with Gasteiger partial charge in [-0.1, -0.05) is 0 Å². The van der Waals surface area contributed by atoms with Crippen LogP contribution in [0.5, 0.6) is 5.88 Å². The number of carbonyl (C=O) groups is 1. The van der Waals surface area contributed by atoms with E-state index in [1.165, 1.54) is 0 Å². The molecule has 2 aromatic rings. The number of carbonyl (C=O) groups excluding carboxylic acids is 1. The summed E-state index contributed by atoms with van der Waals surface area (Å²) in [6, 6.07) is -0.0989. The van der Waals surface area contributed by atoms with Crippen molar-refractivity contribution >= 4 is 5.91 Å². The van der Waals surface area contributed by atoms with Crippen LogP contribution in [0, 0.1) is 6.92 Å². The monoisotopic (exact) mass is 345 g/mol. The van der Waals surface area contributed by atoms with E-state index in [0.717, 1.165) is 17.1 Å². The fourth-order valence-corrected chi connectivity index (χ4v) is 2.93. The zero-order chi connectivity index (χ0) is 17.8. The van der Waals surface area contributed by atoms with Crippen molar-refractivity contribution in [2.75, 3.05) is 19.8 Å².